The zero-order chi connectivity index (χ0) is 24.2. The van der Waals surface area contributed by atoms with Crippen molar-refractivity contribution in [2.45, 2.75) is 19.6 Å². The third-order valence-electron chi connectivity index (χ3n) is 4.69. The number of pyridine rings is 1. The molecule has 0 aliphatic heterocycles. The normalized spacial score (nSPS) is 12.4. The lowest BCUT2D eigenvalue weighted by molar-refractivity contribution is -0.393. The number of fused-ring (bicyclic) bond motifs is 1. The maximum atomic E-state index is 13.7. The lowest BCUT2D eigenvalue weighted by atomic mass is 10.1. The number of nitrogens with zero attached hydrogens (tertiary/aromatic N) is 2. The fourth-order valence-electron chi connectivity index (χ4n) is 3.29. The Morgan fingerprint density at radius 3 is 2.30 bits per heavy atom. The van der Waals surface area contributed by atoms with Crippen molar-refractivity contribution in [1.82, 2.24) is 4.98 Å². The van der Waals surface area contributed by atoms with Gasteiger partial charge < -0.3 is 19.3 Å². The van der Waals surface area contributed by atoms with Gasteiger partial charge in [-0.2, -0.15) is 0 Å². The van der Waals surface area contributed by atoms with Gasteiger partial charge in [0.1, 0.15) is 5.69 Å². The third-order valence-corrected chi connectivity index (χ3v) is 6.97. The summed E-state index contributed by atoms with van der Waals surface area (Å²) in [6, 6.07) is 11.3. The number of para-hydroxylation sites is 1. The Balaban J connectivity index is 2.22. The standard InChI is InChI=1S/C20H21N4O8P/c1-3-31-33(30,32-4-2)20(15-11-13-7-5-6-8-16(13)21-19(15)25)22-17-10-9-14(23(26)27)12-18(17)24(28)29/h5-12,20,22H,3-4H2,1-2H3,(H,21,25). The minimum Gasteiger partial charge on any atom is -0.362 e. The molecule has 0 bridgehead atoms. The van der Waals surface area contributed by atoms with Gasteiger partial charge in [-0.1, -0.05) is 18.2 Å². The van der Waals surface area contributed by atoms with Crippen LogP contribution in [-0.4, -0.2) is 28.0 Å². The van der Waals surface area contributed by atoms with Crippen LogP contribution in [0.1, 0.15) is 25.2 Å². The lowest BCUT2D eigenvalue weighted by Crippen LogP contribution is -2.24. The first kappa shape index (κ1) is 24.1. The van der Waals surface area contributed by atoms with Crippen LogP contribution in [0.2, 0.25) is 0 Å². The summed E-state index contributed by atoms with van der Waals surface area (Å²) in [5, 5.41) is 26.0. The zero-order valence-electron chi connectivity index (χ0n) is 17.7. The molecule has 1 atom stereocenters. The van der Waals surface area contributed by atoms with Gasteiger partial charge in [0.25, 0.3) is 16.9 Å². The van der Waals surface area contributed by atoms with Crippen LogP contribution < -0.4 is 10.9 Å². The summed E-state index contributed by atoms with van der Waals surface area (Å²) in [5.41, 5.74) is -1.42. The van der Waals surface area contributed by atoms with E-state index in [9.17, 15) is 29.6 Å². The molecule has 0 spiro atoms. The Hall–Kier alpha value is -3.60. The molecular weight excluding hydrogens is 455 g/mol. The molecule has 1 heterocycles. The van der Waals surface area contributed by atoms with Gasteiger partial charge >= 0.3 is 7.60 Å². The Morgan fingerprint density at radius 1 is 1.03 bits per heavy atom. The van der Waals surface area contributed by atoms with E-state index < -0.39 is 40.2 Å². The highest BCUT2D eigenvalue weighted by Gasteiger charge is 2.40. The van der Waals surface area contributed by atoms with Gasteiger partial charge in [-0.25, -0.2) is 0 Å². The van der Waals surface area contributed by atoms with E-state index in [1.165, 1.54) is 6.07 Å². The summed E-state index contributed by atoms with van der Waals surface area (Å²) in [4.78, 5) is 36.7. The molecule has 2 N–H and O–H groups in total. The number of nitro benzene ring substituents is 2. The Bertz CT molecular complexity index is 1300. The van der Waals surface area contributed by atoms with E-state index in [2.05, 4.69) is 10.3 Å². The van der Waals surface area contributed by atoms with Crippen LogP contribution in [0.15, 0.2) is 53.3 Å². The highest BCUT2D eigenvalue weighted by atomic mass is 31.2. The van der Waals surface area contributed by atoms with Crippen molar-refractivity contribution in [2.75, 3.05) is 18.5 Å². The molecule has 13 heteroatoms. The van der Waals surface area contributed by atoms with Crippen LogP contribution >= 0.6 is 7.60 Å². The second-order valence-electron chi connectivity index (χ2n) is 6.78. The Kier molecular flexibility index (Phi) is 7.22. The molecule has 0 amide bonds. The van der Waals surface area contributed by atoms with Crippen LogP contribution in [0.5, 0.6) is 0 Å². The van der Waals surface area contributed by atoms with Crippen molar-refractivity contribution in [2.24, 2.45) is 0 Å². The van der Waals surface area contributed by atoms with Gasteiger partial charge in [-0.3, -0.25) is 29.6 Å². The highest BCUT2D eigenvalue weighted by molar-refractivity contribution is 7.54. The fraction of sp³-hybridized carbons (Fsp3) is 0.250. The molecule has 33 heavy (non-hydrogen) atoms. The van der Waals surface area contributed by atoms with E-state index >= 15 is 0 Å². The number of nitrogens with one attached hydrogen (secondary N) is 2. The van der Waals surface area contributed by atoms with E-state index in [-0.39, 0.29) is 24.5 Å². The number of nitro groups is 2. The third kappa shape index (κ3) is 5.08. The minimum absolute atomic E-state index is 0.0245. The van der Waals surface area contributed by atoms with E-state index in [0.717, 1.165) is 18.2 Å². The number of H-pyrrole nitrogens is 1. The van der Waals surface area contributed by atoms with Gasteiger partial charge in [0, 0.05) is 11.6 Å². The van der Waals surface area contributed by atoms with Gasteiger partial charge in [-0.05, 0) is 37.4 Å². The second-order valence-corrected chi connectivity index (χ2v) is 8.89. The quantitative estimate of drug-likeness (QED) is 0.239. The predicted octanol–water partition coefficient (Wildman–Crippen LogP) is 4.72. The van der Waals surface area contributed by atoms with Crippen molar-refractivity contribution in [3.05, 3.63) is 84.7 Å². The summed E-state index contributed by atoms with van der Waals surface area (Å²) in [6.45, 7) is 3.12. The van der Waals surface area contributed by atoms with Gasteiger partial charge in [0.05, 0.1) is 34.7 Å². The molecular formula is C20H21N4O8P. The molecule has 0 saturated heterocycles. The molecule has 0 fully saturated rings. The number of non-ortho nitro benzene ring substituents is 1. The van der Waals surface area contributed by atoms with E-state index in [4.69, 9.17) is 9.05 Å². The summed E-state index contributed by atoms with van der Waals surface area (Å²) >= 11 is 0. The summed E-state index contributed by atoms with van der Waals surface area (Å²) in [6.07, 6.45) is 0. The summed E-state index contributed by atoms with van der Waals surface area (Å²) in [5.74, 6) is -1.44. The molecule has 2 aromatic carbocycles. The Labute approximate surface area is 187 Å². The van der Waals surface area contributed by atoms with Crippen molar-refractivity contribution < 1.29 is 23.5 Å². The van der Waals surface area contributed by atoms with Crippen molar-refractivity contribution in [3.63, 3.8) is 0 Å². The number of aromatic nitrogens is 1. The average molecular weight is 476 g/mol. The number of rotatable bonds is 10. The number of hydrogen-bond donors (Lipinski definition) is 2. The van der Waals surface area contributed by atoms with Gasteiger partial charge in [-0.15, -0.1) is 0 Å². The van der Waals surface area contributed by atoms with Crippen LogP contribution in [0.25, 0.3) is 10.9 Å². The van der Waals surface area contributed by atoms with Crippen molar-refractivity contribution >= 4 is 35.6 Å². The second kappa shape index (κ2) is 9.90. The van der Waals surface area contributed by atoms with Crippen LogP contribution in [0.3, 0.4) is 0 Å². The monoisotopic (exact) mass is 476 g/mol. The Morgan fingerprint density at radius 2 is 1.70 bits per heavy atom. The van der Waals surface area contributed by atoms with Gasteiger partial charge in [0.2, 0.25) is 0 Å². The predicted molar refractivity (Wildman–Crippen MR) is 122 cm³/mol. The molecule has 1 aromatic heterocycles. The maximum absolute atomic E-state index is 13.7. The smallest absolute Gasteiger partial charge is 0.357 e. The zero-order valence-corrected chi connectivity index (χ0v) is 18.6. The number of hydrogen-bond acceptors (Lipinski definition) is 9. The summed E-state index contributed by atoms with van der Waals surface area (Å²) in [7, 11) is -4.09. The first-order valence-corrected chi connectivity index (χ1v) is 11.5. The van der Waals surface area contributed by atoms with E-state index in [1.807, 2.05) is 0 Å². The minimum atomic E-state index is -4.09. The van der Waals surface area contributed by atoms with Crippen LogP contribution in [-0.2, 0) is 13.6 Å². The summed E-state index contributed by atoms with van der Waals surface area (Å²) < 4.78 is 24.6. The molecule has 3 aromatic rings. The van der Waals surface area contributed by atoms with Crippen LogP contribution in [0, 0.1) is 20.2 Å². The molecule has 0 radical (unpaired) electrons. The largest absolute Gasteiger partial charge is 0.362 e. The number of benzene rings is 2. The van der Waals surface area contributed by atoms with Crippen LogP contribution in [0.4, 0.5) is 17.1 Å². The fourth-order valence-corrected chi connectivity index (χ4v) is 5.22. The topological polar surface area (TPSA) is 167 Å². The van der Waals surface area contributed by atoms with E-state index in [1.54, 1.807) is 38.1 Å². The SMILES string of the molecule is CCOP(=O)(OCC)C(Nc1ccc([N+](=O)[O-])cc1[N+](=O)[O-])c1cc2ccccc2[nH]c1=O. The molecule has 0 aliphatic carbocycles. The molecule has 0 saturated carbocycles. The molecule has 12 nitrogen and oxygen atoms in total. The molecule has 0 aliphatic rings. The van der Waals surface area contributed by atoms with Gasteiger partial charge in [0.15, 0.2) is 5.78 Å². The van der Waals surface area contributed by atoms with Crippen molar-refractivity contribution in [1.29, 1.82) is 0 Å². The first-order valence-electron chi connectivity index (χ1n) is 9.90. The lowest BCUT2D eigenvalue weighted by Gasteiger charge is -2.27. The first-order chi connectivity index (χ1) is 15.7. The molecule has 1 unspecified atom stereocenters. The highest BCUT2D eigenvalue weighted by Crippen LogP contribution is 2.60. The average Bonchev–Trinajstić information content (AvgIpc) is 2.77. The van der Waals surface area contributed by atoms with Crippen molar-refractivity contribution in [3.8, 4) is 0 Å². The number of anilines is 1. The number of aromatic amines is 1. The van der Waals surface area contributed by atoms with E-state index in [0.29, 0.717) is 10.9 Å². The maximum Gasteiger partial charge on any atom is 0.357 e. The molecule has 174 valence electrons. The molecule has 3 rings (SSSR count).